The molecule has 70 valence electrons. The first-order chi connectivity index (χ1) is 6.02. The van der Waals surface area contributed by atoms with Crippen LogP contribution in [0.1, 0.15) is 29.1 Å². The van der Waals surface area contributed by atoms with Crippen molar-refractivity contribution < 1.29 is 4.79 Å². The standard InChI is InChI=1S/C10H13NOS/c1-10(2)6-11(3)9(12)7-4-5-13-8(7)10/h4-5H,6H2,1-3H3. The highest BCUT2D eigenvalue weighted by molar-refractivity contribution is 7.10. The van der Waals surface area contributed by atoms with Crippen LogP contribution in [0.3, 0.4) is 0 Å². The molecule has 3 heteroatoms. The van der Waals surface area contributed by atoms with E-state index >= 15 is 0 Å². The summed E-state index contributed by atoms with van der Waals surface area (Å²) in [5.74, 6) is 0.163. The van der Waals surface area contributed by atoms with Gasteiger partial charge in [0, 0.05) is 23.9 Å². The maximum Gasteiger partial charge on any atom is 0.254 e. The molecule has 0 aliphatic carbocycles. The molecule has 0 saturated heterocycles. The van der Waals surface area contributed by atoms with E-state index in [-0.39, 0.29) is 11.3 Å². The van der Waals surface area contributed by atoms with Crippen LogP contribution < -0.4 is 0 Å². The summed E-state index contributed by atoms with van der Waals surface area (Å²) in [5.41, 5.74) is 1.01. The van der Waals surface area contributed by atoms with Crippen molar-refractivity contribution in [2.45, 2.75) is 19.3 Å². The quantitative estimate of drug-likeness (QED) is 0.621. The predicted octanol–water partition coefficient (Wildman–Crippen LogP) is 2.11. The fourth-order valence-electron chi connectivity index (χ4n) is 1.94. The zero-order chi connectivity index (χ0) is 9.64. The topological polar surface area (TPSA) is 20.3 Å². The van der Waals surface area contributed by atoms with E-state index in [0.717, 1.165) is 12.1 Å². The molecule has 1 aliphatic heterocycles. The number of nitrogens with zero attached hydrogens (tertiary/aromatic N) is 1. The molecule has 2 rings (SSSR count). The van der Waals surface area contributed by atoms with Crippen molar-refractivity contribution in [2.24, 2.45) is 0 Å². The van der Waals surface area contributed by atoms with Gasteiger partial charge in [-0.25, -0.2) is 0 Å². The van der Waals surface area contributed by atoms with Crippen LogP contribution >= 0.6 is 11.3 Å². The van der Waals surface area contributed by atoms with E-state index in [4.69, 9.17) is 0 Å². The van der Waals surface area contributed by atoms with Gasteiger partial charge < -0.3 is 4.90 Å². The monoisotopic (exact) mass is 195 g/mol. The van der Waals surface area contributed by atoms with Gasteiger partial charge in [-0.1, -0.05) is 13.8 Å². The molecule has 0 atom stereocenters. The first-order valence-corrected chi connectivity index (χ1v) is 5.24. The van der Waals surface area contributed by atoms with E-state index in [0.29, 0.717) is 0 Å². The number of amides is 1. The lowest BCUT2D eigenvalue weighted by Crippen LogP contribution is -2.43. The Morgan fingerprint density at radius 1 is 1.54 bits per heavy atom. The fourth-order valence-corrected chi connectivity index (χ4v) is 2.95. The van der Waals surface area contributed by atoms with Gasteiger partial charge in [-0.2, -0.15) is 0 Å². The summed E-state index contributed by atoms with van der Waals surface area (Å²) < 4.78 is 0. The molecule has 0 aromatic carbocycles. The molecule has 13 heavy (non-hydrogen) atoms. The number of carbonyl (C=O) groups is 1. The zero-order valence-electron chi connectivity index (χ0n) is 8.13. The van der Waals surface area contributed by atoms with Gasteiger partial charge in [0.25, 0.3) is 5.91 Å². The first-order valence-electron chi connectivity index (χ1n) is 4.36. The molecule has 1 amide bonds. The summed E-state index contributed by atoms with van der Waals surface area (Å²) in [4.78, 5) is 14.7. The number of thiophene rings is 1. The van der Waals surface area contributed by atoms with Crippen LogP contribution in [0.4, 0.5) is 0 Å². The Balaban J connectivity index is 2.57. The highest BCUT2D eigenvalue weighted by Crippen LogP contribution is 2.36. The van der Waals surface area contributed by atoms with Crippen LogP contribution in [0.2, 0.25) is 0 Å². The van der Waals surface area contributed by atoms with E-state index in [1.807, 2.05) is 18.5 Å². The maximum absolute atomic E-state index is 11.7. The van der Waals surface area contributed by atoms with Crippen molar-refractivity contribution in [1.82, 2.24) is 4.90 Å². The molecule has 0 N–H and O–H groups in total. The van der Waals surface area contributed by atoms with Gasteiger partial charge in [0.15, 0.2) is 0 Å². The van der Waals surface area contributed by atoms with Crippen LogP contribution in [0.15, 0.2) is 11.4 Å². The number of carbonyl (C=O) groups excluding carboxylic acids is 1. The van der Waals surface area contributed by atoms with Crippen molar-refractivity contribution in [1.29, 1.82) is 0 Å². The third kappa shape index (κ3) is 1.18. The Bertz CT molecular complexity index is 354. The number of hydrogen-bond donors (Lipinski definition) is 0. The largest absolute Gasteiger partial charge is 0.341 e. The Morgan fingerprint density at radius 3 is 2.92 bits per heavy atom. The van der Waals surface area contributed by atoms with Crippen LogP contribution in [0.25, 0.3) is 0 Å². The van der Waals surface area contributed by atoms with Crippen molar-refractivity contribution in [3.8, 4) is 0 Å². The molecule has 0 saturated carbocycles. The summed E-state index contributed by atoms with van der Waals surface area (Å²) in [6.07, 6.45) is 0. The third-order valence-electron chi connectivity index (χ3n) is 2.49. The van der Waals surface area contributed by atoms with Crippen molar-refractivity contribution in [2.75, 3.05) is 13.6 Å². The van der Waals surface area contributed by atoms with Gasteiger partial charge in [-0.15, -0.1) is 11.3 Å². The molecule has 2 heterocycles. The summed E-state index contributed by atoms with van der Waals surface area (Å²) >= 11 is 1.69. The van der Waals surface area contributed by atoms with Crippen LogP contribution in [-0.2, 0) is 5.41 Å². The molecule has 0 fully saturated rings. The van der Waals surface area contributed by atoms with E-state index in [1.165, 1.54) is 4.88 Å². The highest BCUT2D eigenvalue weighted by Gasteiger charge is 2.35. The van der Waals surface area contributed by atoms with Crippen molar-refractivity contribution >= 4 is 17.2 Å². The smallest absolute Gasteiger partial charge is 0.254 e. The molecule has 0 spiro atoms. The summed E-state index contributed by atoms with van der Waals surface area (Å²) in [6.45, 7) is 5.19. The Morgan fingerprint density at radius 2 is 2.23 bits per heavy atom. The van der Waals surface area contributed by atoms with Crippen LogP contribution in [0.5, 0.6) is 0 Å². The van der Waals surface area contributed by atoms with E-state index in [1.54, 1.807) is 16.2 Å². The third-order valence-corrected chi connectivity index (χ3v) is 3.77. The lowest BCUT2D eigenvalue weighted by molar-refractivity contribution is 0.0741. The second-order valence-electron chi connectivity index (χ2n) is 4.21. The maximum atomic E-state index is 11.7. The zero-order valence-corrected chi connectivity index (χ0v) is 8.94. The summed E-state index contributed by atoms with van der Waals surface area (Å²) in [5, 5.41) is 2.00. The van der Waals surface area contributed by atoms with E-state index in [2.05, 4.69) is 13.8 Å². The van der Waals surface area contributed by atoms with Crippen LogP contribution in [0, 0.1) is 0 Å². The second-order valence-corrected chi connectivity index (χ2v) is 5.12. The van der Waals surface area contributed by atoms with Gasteiger partial charge in [-0.3, -0.25) is 4.79 Å². The van der Waals surface area contributed by atoms with E-state index < -0.39 is 0 Å². The molecule has 0 bridgehead atoms. The van der Waals surface area contributed by atoms with Gasteiger partial charge in [0.1, 0.15) is 0 Å². The Kier molecular flexibility index (Phi) is 1.74. The van der Waals surface area contributed by atoms with Crippen molar-refractivity contribution in [3.05, 3.63) is 21.9 Å². The average molecular weight is 195 g/mol. The molecule has 0 unspecified atom stereocenters. The lowest BCUT2D eigenvalue weighted by atomic mass is 9.85. The molecule has 1 aliphatic rings. The number of likely N-dealkylation sites (N-methyl/N-ethyl adjacent to an activating group) is 1. The molecular formula is C10H13NOS. The van der Waals surface area contributed by atoms with Gasteiger partial charge in [0.2, 0.25) is 0 Å². The molecule has 0 radical (unpaired) electrons. The fraction of sp³-hybridized carbons (Fsp3) is 0.500. The highest BCUT2D eigenvalue weighted by atomic mass is 32.1. The predicted molar refractivity (Wildman–Crippen MR) is 54.3 cm³/mol. The minimum atomic E-state index is 0.117. The number of hydrogen-bond acceptors (Lipinski definition) is 2. The Hall–Kier alpha value is -0.830. The van der Waals surface area contributed by atoms with E-state index in [9.17, 15) is 4.79 Å². The van der Waals surface area contributed by atoms with Gasteiger partial charge in [0.05, 0.1) is 5.56 Å². The van der Waals surface area contributed by atoms with Crippen molar-refractivity contribution in [3.63, 3.8) is 0 Å². The molecular weight excluding hydrogens is 182 g/mol. The normalized spacial score (nSPS) is 20.2. The number of rotatable bonds is 0. The van der Waals surface area contributed by atoms with Gasteiger partial charge in [-0.05, 0) is 11.4 Å². The van der Waals surface area contributed by atoms with Crippen LogP contribution in [-0.4, -0.2) is 24.4 Å². The molecule has 2 nitrogen and oxygen atoms in total. The SMILES string of the molecule is CN1CC(C)(C)c2sccc2C1=O. The Labute approximate surface area is 82.2 Å². The molecule has 1 aromatic rings. The summed E-state index contributed by atoms with van der Waals surface area (Å²) in [6, 6.07) is 1.93. The minimum absolute atomic E-state index is 0.117. The summed E-state index contributed by atoms with van der Waals surface area (Å²) in [7, 11) is 1.87. The second kappa shape index (κ2) is 2.58. The molecule has 1 aromatic heterocycles. The number of fused-ring (bicyclic) bond motifs is 1. The van der Waals surface area contributed by atoms with Gasteiger partial charge >= 0.3 is 0 Å². The first kappa shape index (κ1) is 8.75. The minimum Gasteiger partial charge on any atom is -0.341 e. The average Bonchev–Trinajstić information content (AvgIpc) is 2.48. The lowest BCUT2D eigenvalue weighted by Gasteiger charge is -2.35.